The summed E-state index contributed by atoms with van der Waals surface area (Å²) < 4.78 is 0.947. The SMILES string of the molecule is CC(C)c1ccc2c(c1)CC[C@H]1[C@](C)(C(=O)N[C@H](Cc3ccccc3)C(=O)Nc3ccc(Br)cc3)CCC[C@]21C. The zero-order valence-corrected chi connectivity index (χ0v) is 25.7. The van der Waals surface area contributed by atoms with E-state index < -0.39 is 11.5 Å². The highest BCUT2D eigenvalue weighted by atomic mass is 79.9. The number of carbonyl (C=O) groups is 2. The van der Waals surface area contributed by atoms with Crippen LogP contribution in [0.3, 0.4) is 0 Å². The van der Waals surface area contributed by atoms with E-state index in [1.165, 1.54) is 16.7 Å². The maximum Gasteiger partial charge on any atom is 0.247 e. The molecule has 0 spiro atoms. The number of anilines is 1. The van der Waals surface area contributed by atoms with Crippen LogP contribution in [0.2, 0.25) is 0 Å². The van der Waals surface area contributed by atoms with Gasteiger partial charge in [0.25, 0.3) is 0 Å². The number of rotatable bonds is 7. The van der Waals surface area contributed by atoms with E-state index in [1.54, 1.807) is 0 Å². The number of nitrogens with one attached hydrogen (secondary N) is 2. The van der Waals surface area contributed by atoms with Crippen LogP contribution in [0.15, 0.2) is 77.3 Å². The smallest absolute Gasteiger partial charge is 0.247 e. The van der Waals surface area contributed by atoms with Crippen molar-refractivity contribution in [2.45, 2.75) is 83.6 Å². The van der Waals surface area contributed by atoms with Crippen molar-refractivity contribution in [1.82, 2.24) is 5.32 Å². The van der Waals surface area contributed by atoms with Crippen molar-refractivity contribution in [3.63, 3.8) is 0 Å². The molecule has 4 nitrogen and oxygen atoms in total. The third-order valence-electron chi connectivity index (χ3n) is 9.58. The highest BCUT2D eigenvalue weighted by Crippen LogP contribution is 2.57. The van der Waals surface area contributed by atoms with Crippen molar-refractivity contribution in [3.05, 3.63) is 99.5 Å². The van der Waals surface area contributed by atoms with Gasteiger partial charge in [0.15, 0.2) is 0 Å². The number of benzene rings is 3. The first-order valence-corrected chi connectivity index (χ1v) is 15.4. The molecule has 5 rings (SSSR count). The van der Waals surface area contributed by atoms with Crippen LogP contribution in [0.25, 0.3) is 0 Å². The fraction of sp³-hybridized carbons (Fsp3) is 0.429. The molecule has 2 aliphatic rings. The molecular weight excluding hydrogens is 560 g/mol. The van der Waals surface area contributed by atoms with E-state index in [-0.39, 0.29) is 23.1 Å². The minimum Gasteiger partial charge on any atom is -0.343 e. The normalized spacial score (nSPS) is 24.5. The summed E-state index contributed by atoms with van der Waals surface area (Å²) in [4.78, 5) is 27.9. The first kappa shape index (κ1) is 28.6. The second kappa shape index (κ2) is 11.5. The summed E-state index contributed by atoms with van der Waals surface area (Å²) >= 11 is 3.45. The van der Waals surface area contributed by atoms with Crippen LogP contribution in [0, 0.1) is 11.3 Å². The Morgan fingerprint density at radius 1 is 0.975 bits per heavy atom. The first-order valence-electron chi connectivity index (χ1n) is 14.6. The average molecular weight is 602 g/mol. The minimum absolute atomic E-state index is 0.00226. The van der Waals surface area contributed by atoms with E-state index in [2.05, 4.69) is 72.5 Å². The Morgan fingerprint density at radius 3 is 2.40 bits per heavy atom. The highest BCUT2D eigenvalue weighted by molar-refractivity contribution is 9.10. The minimum atomic E-state index is -0.673. The Labute approximate surface area is 247 Å². The molecule has 3 aromatic rings. The average Bonchev–Trinajstić information content (AvgIpc) is 2.94. The molecule has 4 atom stereocenters. The number of fused-ring (bicyclic) bond motifs is 3. The highest BCUT2D eigenvalue weighted by Gasteiger charge is 2.55. The Bertz CT molecular complexity index is 1370. The summed E-state index contributed by atoms with van der Waals surface area (Å²) in [5.41, 5.74) is 5.38. The van der Waals surface area contributed by atoms with Crippen LogP contribution in [-0.4, -0.2) is 17.9 Å². The van der Waals surface area contributed by atoms with E-state index in [1.807, 2.05) is 54.6 Å². The van der Waals surface area contributed by atoms with Crippen LogP contribution < -0.4 is 10.6 Å². The van der Waals surface area contributed by atoms with Crippen LogP contribution in [0.1, 0.15) is 81.5 Å². The summed E-state index contributed by atoms with van der Waals surface area (Å²) in [6.07, 6.45) is 5.35. The monoisotopic (exact) mass is 600 g/mol. The summed E-state index contributed by atoms with van der Waals surface area (Å²) in [6.45, 7) is 9.01. The summed E-state index contributed by atoms with van der Waals surface area (Å²) in [7, 11) is 0. The molecule has 40 heavy (non-hydrogen) atoms. The summed E-state index contributed by atoms with van der Waals surface area (Å²) in [5.74, 6) is 0.524. The Balaban J connectivity index is 1.41. The molecule has 5 heteroatoms. The van der Waals surface area contributed by atoms with Crippen LogP contribution in [0.4, 0.5) is 5.69 Å². The Morgan fingerprint density at radius 2 is 1.70 bits per heavy atom. The van der Waals surface area contributed by atoms with Gasteiger partial charge in [-0.3, -0.25) is 9.59 Å². The van der Waals surface area contributed by atoms with Crippen molar-refractivity contribution in [2.24, 2.45) is 11.3 Å². The van der Waals surface area contributed by atoms with Crippen molar-refractivity contribution < 1.29 is 9.59 Å². The Hall–Kier alpha value is -2.92. The quantitative estimate of drug-likeness (QED) is 0.289. The van der Waals surface area contributed by atoms with Gasteiger partial charge in [0.1, 0.15) is 6.04 Å². The second-order valence-electron chi connectivity index (χ2n) is 12.6. The lowest BCUT2D eigenvalue weighted by atomic mass is 9.49. The molecule has 2 aliphatic carbocycles. The van der Waals surface area contributed by atoms with Crippen LogP contribution in [-0.2, 0) is 27.8 Å². The molecule has 3 aromatic carbocycles. The van der Waals surface area contributed by atoms with Gasteiger partial charge in [0, 0.05) is 16.6 Å². The molecule has 0 saturated heterocycles. The van der Waals surface area contributed by atoms with Crippen molar-refractivity contribution in [2.75, 3.05) is 5.32 Å². The molecular formula is C35H41BrN2O2. The molecule has 0 radical (unpaired) electrons. The lowest BCUT2D eigenvalue weighted by Gasteiger charge is -2.54. The maximum atomic E-state index is 14.3. The molecule has 0 bridgehead atoms. The topological polar surface area (TPSA) is 58.2 Å². The van der Waals surface area contributed by atoms with E-state index in [0.717, 1.165) is 42.1 Å². The Kier molecular flexibility index (Phi) is 8.24. The third kappa shape index (κ3) is 5.63. The maximum absolute atomic E-state index is 14.3. The van der Waals surface area contributed by atoms with E-state index in [9.17, 15) is 9.59 Å². The van der Waals surface area contributed by atoms with Gasteiger partial charge in [-0.2, -0.15) is 0 Å². The van der Waals surface area contributed by atoms with E-state index in [0.29, 0.717) is 18.0 Å². The fourth-order valence-electron chi connectivity index (χ4n) is 7.29. The van der Waals surface area contributed by atoms with Gasteiger partial charge >= 0.3 is 0 Å². The number of aryl methyl sites for hydroxylation is 1. The predicted octanol–water partition coefficient (Wildman–Crippen LogP) is 7.95. The fourth-order valence-corrected chi connectivity index (χ4v) is 7.55. The zero-order valence-electron chi connectivity index (χ0n) is 24.1. The molecule has 0 unspecified atom stereocenters. The van der Waals surface area contributed by atoms with E-state index in [4.69, 9.17) is 0 Å². The van der Waals surface area contributed by atoms with Gasteiger partial charge in [-0.25, -0.2) is 0 Å². The van der Waals surface area contributed by atoms with Gasteiger partial charge in [0.05, 0.1) is 5.41 Å². The molecule has 1 fully saturated rings. The molecule has 0 aliphatic heterocycles. The second-order valence-corrected chi connectivity index (χ2v) is 13.5. The molecule has 210 valence electrons. The van der Waals surface area contributed by atoms with Crippen LogP contribution in [0.5, 0.6) is 0 Å². The van der Waals surface area contributed by atoms with Gasteiger partial charge in [-0.15, -0.1) is 0 Å². The van der Waals surface area contributed by atoms with Gasteiger partial charge < -0.3 is 10.6 Å². The van der Waals surface area contributed by atoms with Gasteiger partial charge in [-0.05, 0) is 89.5 Å². The lowest BCUT2D eigenvalue weighted by molar-refractivity contribution is -0.141. The summed E-state index contributed by atoms with van der Waals surface area (Å²) in [6, 6.07) is 23.8. The number of halogens is 1. The molecule has 0 aromatic heterocycles. The lowest BCUT2D eigenvalue weighted by Crippen LogP contribution is -2.58. The number of hydrogen-bond acceptors (Lipinski definition) is 2. The van der Waals surface area contributed by atoms with Crippen LogP contribution >= 0.6 is 15.9 Å². The molecule has 2 amide bonds. The van der Waals surface area contributed by atoms with E-state index >= 15 is 0 Å². The molecule has 1 saturated carbocycles. The molecule has 0 heterocycles. The summed E-state index contributed by atoms with van der Waals surface area (Å²) in [5, 5.41) is 6.27. The van der Waals surface area contributed by atoms with Gasteiger partial charge in [0.2, 0.25) is 11.8 Å². The van der Waals surface area contributed by atoms with Crippen molar-refractivity contribution in [1.29, 1.82) is 0 Å². The first-order chi connectivity index (χ1) is 19.1. The van der Waals surface area contributed by atoms with Crippen molar-refractivity contribution >= 4 is 33.4 Å². The van der Waals surface area contributed by atoms with Gasteiger partial charge in [-0.1, -0.05) is 98.6 Å². The number of hydrogen-bond donors (Lipinski definition) is 2. The number of amides is 2. The largest absolute Gasteiger partial charge is 0.343 e. The molecule has 2 N–H and O–H groups in total. The predicted molar refractivity (Wildman–Crippen MR) is 167 cm³/mol. The van der Waals surface area contributed by atoms with Crippen molar-refractivity contribution in [3.8, 4) is 0 Å². The third-order valence-corrected chi connectivity index (χ3v) is 10.1. The number of carbonyl (C=O) groups excluding carboxylic acids is 2. The standard InChI is InChI=1S/C35H41BrN2O2/c1-23(2)25-11-17-29-26(22-25)12-18-31-34(29,3)19-8-20-35(31,4)33(40)38-30(21-24-9-6-5-7-10-24)32(39)37-28-15-13-27(36)14-16-28/h5-7,9-11,13-17,22-23,30-31H,8,12,18-21H2,1-4H3,(H,37,39)(H,38,40)/t30-,31-,34-,35-/m1/s1. The zero-order chi connectivity index (χ0) is 28.5.